The van der Waals surface area contributed by atoms with Gasteiger partial charge in [0.25, 0.3) is 5.91 Å². The number of carbonyl (C=O) groups excluding carboxylic acids is 9. The van der Waals surface area contributed by atoms with Gasteiger partial charge in [0.05, 0.1) is 35.3 Å². The van der Waals surface area contributed by atoms with E-state index >= 15 is 9.59 Å². The highest BCUT2D eigenvalue weighted by molar-refractivity contribution is 5.96. The number of benzene rings is 3. The standard InChI is InChI=1S/C65H78N4O19/c1-39(70)22-21-29-46-34-69(68-67-46)30-19-8-9-20-31-81-35-47(73)36-82-37-51(75)86-55(53(43-23-13-10-14-24-43)66-59(77)44-25-15-11-16-26-44)61(79)85-48-33-65(80)58(87-60(78)45-27-17-12-18-28-45)56-63(7,49(74)32-50-64(56,38-83-50)88-42(4)72)57(76)54(84-41(3)71)52(40(48)2)62(65,5)6/h10-18,23-28,34,48-50,53-56,58,74,80H,8-9,19-22,29-33,35-38H2,1-7H3,(H,66,77)/t48-,49-,50+,53-,54+,55+,56?,58-,63+,64-,65+/m0/s1. The topological polar surface area (TPSA) is 311 Å². The molecule has 11 atom stereocenters. The molecule has 23 nitrogen and oxygen atoms in total. The van der Waals surface area contributed by atoms with E-state index in [4.69, 9.17) is 37.9 Å². The van der Waals surface area contributed by atoms with Gasteiger partial charge in [-0.25, -0.2) is 14.4 Å². The summed E-state index contributed by atoms with van der Waals surface area (Å²) in [7, 11) is 0. The fourth-order valence-electron chi connectivity index (χ4n) is 12.8. The van der Waals surface area contributed by atoms with Crippen LogP contribution in [0, 0.1) is 16.7 Å². The molecule has 88 heavy (non-hydrogen) atoms. The normalized spacial score (nSPS) is 25.8. The average molecular weight is 1220 g/mol. The first-order valence-electron chi connectivity index (χ1n) is 29.7. The first kappa shape index (κ1) is 66.1. The Balaban J connectivity index is 1.06. The number of aliphatic hydroxyl groups excluding tert-OH is 1. The Bertz CT molecular complexity index is 3220. The molecule has 0 radical (unpaired) electrons. The van der Waals surface area contributed by atoms with Crippen LogP contribution in [0.25, 0.3) is 0 Å². The molecule has 472 valence electrons. The second-order valence-corrected chi connectivity index (χ2v) is 23.8. The van der Waals surface area contributed by atoms with Crippen LogP contribution in [0.5, 0.6) is 0 Å². The summed E-state index contributed by atoms with van der Waals surface area (Å²) in [5.41, 5.74) is -7.01. The third-order valence-corrected chi connectivity index (χ3v) is 17.4. The van der Waals surface area contributed by atoms with Gasteiger partial charge in [-0.2, -0.15) is 0 Å². The fraction of sp³-hybridized carbons (Fsp3) is 0.523. The van der Waals surface area contributed by atoms with Gasteiger partial charge >= 0.3 is 29.8 Å². The quantitative estimate of drug-likeness (QED) is 0.0268. The van der Waals surface area contributed by atoms with E-state index < -0.39 is 138 Å². The van der Waals surface area contributed by atoms with Gasteiger partial charge in [-0.15, -0.1) is 5.10 Å². The van der Waals surface area contributed by atoms with Crippen molar-refractivity contribution < 1.29 is 91.3 Å². The number of unbranched alkanes of at least 4 members (excludes halogenated alkanes) is 3. The highest BCUT2D eigenvalue weighted by Gasteiger charge is 2.78. The molecule has 3 fully saturated rings. The molecule has 1 aliphatic heterocycles. The number of hydrogen-bond donors (Lipinski definition) is 3. The van der Waals surface area contributed by atoms with Crippen molar-refractivity contribution in [3.8, 4) is 0 Å². The number of aliphatic hydroxyl groups is 2. The molecule has 23 heteroatoms. The lowest BCUT2D eigenvalue weighted by atomic mass is 9.44. The molecule has 1 amide bonds. The summed E-state index contributed by atoms with van der Waals surface area (Å²) in [5.74, 6) is -8.84. The Morgan fingerprint density at radius 1 is 0.784 bits per heavy atom. The van der Waals surface area contributed by atoms with E-state index in [1.807, 2.05) is 6.20 Å². The van der Waals surface area contributed by atoms with Gasteiger partial charge in [0, 0.05) is 63.4 Å². The summed E-state index contributed by atoms with van der Waals surface area (Å²) in [6.07, 6.45) is -4.20. The molecule has 3 N–H and O–H groups in total. The first-order valence-corrected chi connectivity index (χ1v) is 29.7. The Morgan fingerprint density at radius 2 is 1.43 bits per heavy atom. The zero-order chi connectivity index (χ0) is 63.6. The minimum Gasteiger partial charge on any atom is -0.455 e. The van der Waals surface area contributed by atoms with Crippen LogP contribution in [0.3, 0.4) is 0 Å². The molecular weight excluding hydrogens is 1140 g/mol. The second-order valence-electron chi connectivity index (χ2n) is 23.8. The smallest absolute Gasteiger partial charge is 0.350 e. The van der Waals surface area contributed by atoms with E-state index in [1.54, 1.807) is 78.3 Å². The van der Waals surface area contributed by atoms with Crippen molar-refractivity contribution in [3.05, 3.63) is 131 Å². The number of aromatic nitrogens is 3. The highest BCUT2D eigenvalue weighted by Crippen LogP contribution is 2.64. The largest absolute Gasteiger partial charge is 0.455 e. The van der Waals surface area contributed by atoms with Crippen LogP contribution >= 0.6 is 0 Å². The molecule has 3 aliphatic carbocycles. The summed E-state index contributed by atoms with van der Waals surface area (Å²) < 4.78 is 49.7. The minimum absolute atomic E-state index is 0.0193. The summed E-state index contributed by atoms with van der Waals surface area (Å²) >= 11 is 0. The number of nitrogens with one attached hydrogen (secondary N) is 1. The first-order chi connectivity index (χ1) is 41.9. The number of ether oxygens (including phenoxy) is 8. The van der Waals surface area contributed by atoms with Crippen molar-refractivity contribution in [3.63, 3.8) is 0 Å². The number of nitrogens with zero attached hydrogens (tertiary/aromatic N) is 3. The number of ketones is 3. The minimum atomic E-state index is -2.52. The van der Waals surface area contributed by atoms with Crippen LogP contribution in [0.4, 0.5) is 0 Å². The monoisotopic (exact) mass is 1220 g/mol. The lowest BCUT2D eigenvalue weighted by Crippen LogP contribution is -2.82. The van der Waals surface area contributed by atoms with Gasteiger partial charge in [-0.05, 0) is 87.4 Å². The summed E-state index contributed by atoms with van der Waals surface area (Å²) in [6, 6.07) is 22.3. The third kappa shape index (κ3) is 14.5. The van der Waals surface area contributed by atoms with Crippen LogP contribution in [-0.2, 0) is 84.4 Å². The van der Waals surface area contributed by atoms with Crippen LogP contribution in [0.2, 0.25) is 0 Å². The lowest BCUT2D eigenvalue weighted by molar-refractivity contribution is -0.346. The molecule has 1 saturated heterocycles. The van der Waals surface area contributed by atoms with Crippen molar-refractivity contribution in [2.45, 2.75) is 167 Å². The van der Waals surface area contributed by atoms with E-state index in [-0.39, 0.29) is 59.9 Å². The summed E-state index contributed by atoms with van der Waals surface area (Å²) in [5, 5.41) is 37.5. The van der Waals surface area contributed by atoms with Gasteiger partial charge in [0.1, 0.15) is 55.6 Å². The molecule has 1 unspecified atom stereocenters. The predicted molar refractivity (Wildman–Crippen MR) is 310 cm³/mol. The van der Waals surface area contributed by atoms with Crippen molar-refractivity contribution in [1.29, 1.82) is 0 Å². The summed E-state index contributed by atoms with van der Waals surface area (Å²) in [6.45, 7) is 8.52. The SMILES string of the molecule is CC(=O)CCCc1cn(CCCCCCOCC(=O)COCC(=O)O[C@@H](C(=O)O[C@H]2C[C@@]3(O)[C@@H](OC(=O)c4ccccc4)C4[C@](C)(C(=O)[C@H](OC(C)=O)C(=C2C)C3(C)C)[C@@H](O)C[C@H]2OC[C@@]42OC(C)=O)[C@@H](NC(=O)c2ccccc2)c2ccccc2)nn1. The van der Waals surface area contributed by atoms with Crippen molar-refractivity contribution in [2.75, 3.05) is 33.0 Å². The maximum atomic E-state index is 15.8. The maximum absolute atomic E-state index is 15.8. The molecule has 1 aromatic heterocycles. The van der Waals surface area contributed by atoms with Crippen molar-refractivity contribution in [1.82, 2.24) is 20.3 Å². The Hall–Kier alpha value is -7.83. The molecule has 4 aromatic rings. The third-order valence-electron chi connectivity index (χ3n) is 17.4. The molecule has 4 aliphatic rings. The lowest BCUT2D eigenvalue weighted by Gasteiger charge is -2.67. The van der Waals surface area contributed by atoms with Crippen molar-refractivity contribution in [2.24, 2.45) is 16.7 Å². The number of rotatable bonds is 28. The van der Waals surface area contributed by atoms with E-state index in [9.17, 15) is 43.8 Å². The number of hydrogen-bond acceptors (Lipinski definition) is 21. The maximum Gasteiger partial charge on any atom is 0.350 e. The van der Waals surface area contributed by atoms with Crippen LogP contribution in [0.1, 0.15) is 138 Å². The van der Waals surface area contributed by atoms with E-state index in [0.29, 0.717) is 25.8 Å². The van der Waals surface area contributed by atoms with Gasteiger partial charge in [-0.1, -0.05) is 98.6 Å². The van der Waals surface area contributed by atoms with Gasteiger partial charge in [-0.3, -0.25) is 28.7 Å². The number of esters is 5. The van der Waals surface area contributed by atoms with E-state index in [1.165, 1.54) is 52.0 Å². The molecule has 2 bridgehead atoms. The molecule has 3 aromatic carbocycles. The Labute approximate surface area is 510 Å². The zero-order valence-electron chi connectivity index (χ0n) is 50.6. The number of amides is 1. The number of aryl methyl sites for hydroxylation is 2. The fourth-order valence-corrected chi connectivity index (χ4v) is 12.8. The number of fused-ring (bicyclic) bond motifs is 5. The van der Waals surface area contributed by atoms with E-state index in [2.05, 4.69) is 15.6 Å². The zero-order valence-corrected chi connectivity index (χ0v) is 50.6. The predicted octanol–water partition coefficient (Wildman–Crippen LogP) is 5.65. The van der Waals surface area contributed by atoms with Crippen molar-refractivity contribution >= 4 is 53.1 Å². The molecular formula is C65H78N4O19. The Kier molecular flexibility index (Phi) is 21.5. The van der Waals surface area contributed by atoms with Gasteiger partial charge in [0.2, 0.25) is 6.10 Å². The summed E-state index contributed by atoms with van der Waals surface area (Å²) in [4.78, 5) is 125. The van der Waals surface area contributed by atoms with Crippen LogP contribution in [0.15, 0.2) is 108 Å². The number of carbonyl (C=O) groups is 9. The number of Topliss-reactive ketones (excluding diaryl/α,β-unsaturated/α-hetero) is 3. The van der Waals surface area contributed by atoms with Gasteiger partial charge < -0.3 is 58.2 Å². The van der Waals surface area contributed by atoms with Gasteiger partial charge in [0.15, 0.2) is 23.3 Å². The molecule has 8 rings (SSSR count). The second kappa shape index (κ2) is 28.6. The van der Waals surface area contributed by atoms with Crippen LogP contribution < -0.4 is 5.32 Å². The molecule has 2 saturated carbocycles. The molecule has 0 spiro atoms. The van der Waals surface area contributed by atoms with Crippen LogP contribution in [-0.4, -0.2) is 159 Å². The average Bonchev–Trinajstić information content (AvgIpc) is 0.803. The Morgan fingerprint density at radius 3 is 2.07 bits per heavy atom. The van der Waals surface area contributed by atoms with E-state index in [0.717, 1.165) is 45.2 Å². The molecule has 2 heterocycles. The highest BCUT2D eigenvalue weighted by atomic mass is 16.6.